The normalized spacial score (nSPS) is 10.5. The predicted octanol–water partition coefficient (Wildman–Crippen LogP) is 2.82. The highest BCUT2D eigenvalue weighted by Gasteiger charge is 2.22. The molecule has 0 aliphatic rings. The highest BCUT2D eigenvalue weighted by Crippen LogP contribution is 2.21. The second-order valence-corrected chi connectivity index (χ2v) is 6.53. The van der Waals surface area contributed by atoms with Crippen LogP contribution in [0.2, 0.25) is 0 Å². The van der Waals surface area contributed by atoms with E-state index >= 15 is 0 Å². The first-order valence-electron chi connectivity index (χ1n) is 8.96. The Labute approximate surface area is 160 Å². The summed E-state index contributed by atoms with van der Waals surface area (Å²) in [6.45, 7) is 4.47. The van der Waals surface area contributed by atoms with Gasteiger partial charge in [0.25, 0.3) is 0 Å². The van der Waals surface area contributed by atoms with Crippen LogP contribution in [-0.2, 0) is 9.59 Å². The fraction of sp³-hybridized carbons (Fsp3) is 0.333. The highest BCUT2D eigenvalue weighted by atomic mass is 16.5. The summed E-state index contributed by atoms with van der Waals surface area (Å²) < 4.78 is 5.19. The first-order chi connectivity index (χ1) is 12.9. The van der Waals surface area contributed by atoms with Crippen LogP contribution in [0.25, 0.3) is 0 Å². The molecule has 0 unspecified atom stereocenters. The number of nitrogens with zero attached hydrogens (tertiary/aromatic N) is 2. The molecule has 6 nitrogen and oxygen atoms in total. The molecule has 0 fully saturated rings. The van der Waals surface area contributed by atoms with Crippen LogP contribution in [0.4, 0.5) is 11.4 Å². The molecule has 0 aliphatic carbocycles. The summed E-state index contributed by atoms with van der Waals surface area (Å²) in [6.07, 6.45) is 0.173. The molecule has 27 heavy (non-hydrogen) atoms. The third kappa shape index (κ3) is 5.74. The quantitative estimate of drug-likeness (QED) is 0.737. The number of ether oxygens (including phenoxy) is 1. The van der Waals surface area contributed by atoms with Gasteiger partial charge in [0.05, 0.1) is 13.7 Å². The highest BCUT2D eigenvalue weighted by molar-refractivity contribution is 5.97. The topological polar surface area (TPSA) is 75.9 Å². The van der Waals surface area contributed by atoms with Gasteiger partial charge in [-0.15, -0.1) is 0 Å². The Balaban J connectivity index is 2.23. The Morgan fingerprint density at radius 1 is 1.00 bits per heavy atom. The van der Waals surface area contributed by atoms with Gasteiger partial charge < -0.3 is 20.3 Å². The lowest BCUT2D eigenvalue weighted by molar-refractivity contribution is -0.119. The molecule has 2 aromatic rings. The van der Waals surface area contributed by atoms with Crippen LogP contribution in [0.3, 0.4) is 0 Å². The molecule has 0 heterocycles. The van der Waals surface area contributed by atoms with Gasteiger partial charge in [-0.05, 0) is 50.2 Å². The lowest BCUT2D eigenvalue weighted by Gasteiger charge is -2.31. The minimum atomic E-state index is -0.398. The molecule has 2 amide bonds. The summed E-state index contributed by atoms with van der Waals surface area (Å²) in [5, 5.41) is 0. The maximum atomic E-state index is 13.1. The number of primary amides is 1. The number of anilines is 2. The zero-order valence-corrected chi connectivity index (χ0v) is 16.1. The van der Waals surface area contributed by atoms with E-state index in [1.807, 2.05) is 73.3 Å². The minimum Gasteiger partial charge on any atom is -0.497 e. The second kappa shape index (κ2) is 9.62. The standard InChI is InChI=1S/C21H27N3O3/c1-16(2)24(18-7-5-4-6-8-18)21(26)15-23(14-13-20(22)25)17-9-11-19(27-3)12-10-17/h4-12,16H,13-15H2,1-3H3,(H2,22,25). The van der Waals surface area contributed by atoms with Crippen molar-refractivity contribution in [3.8, 4) is 5.75 Å². The summed E-state index contributed by atoms with van der Waals surface area (Å²) in [4.78, 5) is 28.0. The van der Waals surface area contributed by atoms with Gasteiger partial charge in [0.15, 0.2) is 0 Å². The number of carbonyl (C=O) groups is 2. The molecule has 0 bridgehead atoms. The molecule has 0 saturated heterocycles. The summed E-state index contributed by atoms with van der Waals surface area (Å²) in [5.41, 5.74) is 7.00. The number of nitrogens with two attached hydrogens (primary N) is 1. The lowest BCUT2D eigenvalue weighted by Crippen LogP contribution is -2.44. The van der Waals surface area contributed by atoms with Crippen molar-refractivity contribution in [3.63, 3.8) is 0 Å². The Kier molecular flexibility index (Phi) is 7.23. The van der Waals surface area contributed by atoms with Crippen molar-refractivity contribution in [2.45, 2.75) is 26.3 Å². The number of para-hydroxylation sites is 1. The van der Waals surface area contributed by atoms with E-state index in [0.717, 1.165) is 17.1 Å². The van der Waals surface area contributed by atoms with Gasteiger partial charge in [-0.1, -0.05) is 18.2 Å². The molecule has 0 aromatic heterocycles. The van der Waals surface area contributed by atoms with E-state index in [0.29, 0.717) is 6.54 Å². The van der Waals surface area contributed by atoms with Gasteiger partial charge in [0, 0.05) is 30.4 Å². The fourth-order valence-electron chi connectivity index (χ4n) is 2.90. The maximum absolute atomic E-state index is 13.1. The van der Waals surface area contributed by atoms with Crippen LogP contribution >= 0.6 is 0 Å². The number of amides is 2. The van der Waals surface area contributed by atoms with Crippen LogP contribution in [0.5, 0.6) is 5.75 Å². The molecular weight excluding hydrogens is 342 g/mol. The van der Waals surface area contributed by atoms with Crippen molar-refractivity contribution in [1.82, 2.24) is 0 Å². The van der Waals surface area contributed by atoms with E-state index in [1.165, 1.54) is 0 Å². The third-order valence-electron chi connectivity index (χ3n) is 4.21. The molecule has 6 heteroatoms. The Morgan fingerprint density at radius 2 is 1.63 bits per heavy atom. The monoisotopic (exact) mass is 369 g/mol. The summed E-state index contributed by atoms with van der Waals surface area (Å²) in [7, 11) is 1.60. The van der Waals surface area contributed by atoms with Crippen LogP contribution in [0.15, 0.2) is 54.6 Å². The van der Waals surface area contributed by atoms with Crippen molar-refractivity contribution in [1.29, 1.82) is 0 Å². The number of methoxy groups -OCH3 is 1. The molecule has 0 atom stereocenters. The molecule has 2 rings (SSSR count). The fourth-order valence-corrected chi connectivity index (χ4v) is 2.90. The maximum Gasteiger partial charge on any atom is 0.246 e. The predicted molar refractivity (Wildman–Crippen MR) is 108 cm³/mol. The van der Waals surface area contributed by atoms with Gasteiger partial charge in [0.2, 0.25) is 11.8 Å². The van der Waals surface area contributed by atoms with Crippen molar-refractivity contribution in [2.24, 2.45) is 5.73 Å². The van der Waals surface area contributed by atoms with E-state index in [-0.39, 0.29) is 24.9 Å². The van der Waals surface area contributed by atoms with E-state index in [4.69, 9.17) is 10.5 Å². The Hall–Kier alpha value is -3.02. The van der Waals surface area contributed by atoms with Crippen molar-refractivity contribution < 1.29 is 14.3 Å². The van der Waals surface area contributed by atoms with E-state index in [2.05, 4.69) is 0 Å². The average Bonchev–Trinajstić information content (AvgIpc) is 2.65. The average molecular weight is 369 g/mol. The Morgan fingerprint density at radius 3 is 2.15 bits per heavy atom. The van der Waals surface area contributed by atoms with Crippen LogP contribution in [0, 0.1) is 0 Å². The number of hydrogen-bond donors (Lipinski definition) is 1. The molecule has 0 aliphatic heterocycles. The number of carbonyl (C=O) groups excluding carboxylic acids is 2. The molecular formula is C21H27N3O3. The Bertz CT molecular complexity index is 745. The molecule has 0 spiro atoms. The van der Waals surface area contributed by atoms with E-state index < -0.39 is 5.91 Å². The summed E-state index contributed by atoms with van der Waals surface area (Å²) in [5.74, 6) is 0.286. The largest absolute Gasteiger partial charge is 0.497 e. The summed E-state index contributed by atoms with van der Waals surface area (Å²) in [6, 6.07) is 17.0. The first-order valence-corrected chi connectivity index (χ1v) is 8.96. The zero-order valence-electron chi connectivity index (χ0n) is 16.1. The SMILES string of the molecule is COc1ccc(N(CCC(N)=O)CC(=O)N(c2ccccc2)C(C)C)cc1. The molecule has 144 valence electrons. The zero-order chi connectivity index (χ0) is 19.8. The summed E-state index contributed by atoms with van der Waals surface area (Å²) >= 11 is 0. The van der Waals surface area contributed by atoms with Crippen molar-refractivity contribution in [2.75, 3.05) is 30.0 Å². The number of benzene rings is 2. The minimum absolute atomic E-state index is 0.00811. The number of hydrogen-bond acceptors (Lipinski definition) is 4. The molecule has 0 radical (unpaired) electrons. The smallest absolute Gasteiger partial charge is 0.246 e. The first kappa shape index (κ1) is 20.3. The van der Waals surface area contributed by atoms with E-state index in [1.54, 1.807) is 12.0 Å². The van der Waals surface area contributed by atoms with Gasteiger partial charge in [-0.3, -0.25) is 9.59 Å². The van der Waals surface area contributed by atoms with Gasteiger partial charge in [-0.25, -0.2) is 0 Å². The van der Waals surface area contributed by atoms with Crippen LogP contribution < -0.4 is 20.3 Å². The van der Waals surface area contributed by atoms with E-state index in [9.17, 15) is 9.59 Å². The second-order valence-electron chi connectivity index (χ2n) is 6.53. The van der Waals surface area contributed by atoms with Gasteiger partial charge in [-0.2, -0.15) is 0 Å². The van der Waals surface area contributed by atoms with Crippen molar-refractivity contribution in [3.05, 3.63) is 54.6 Å². The van der Waals surface area contributed by atoms with Crippen molar-refractivity contribution >= 4 is 23.2 Å². The third-order valence-corrected chi connectivity index (χ3v) is 4.21. The van der Waals surface area contributed by atoms with Crippen LogP contribution in [-0.4, -0.2) is 38.1 Å². The lowest BCUT2D eigenvalue weighted by atomic mass is 10.2. The van der Waals surface area contributed by atoms with Gasteiger partial charge in [0.1, 0.15) is 5.75 Å². The van der Waals surface area contributed by atoms with Crippen LogP contribution in [0.1, 0.15) is 20.3 Å². The molecule has 0 saturated carbocycles. The molecule has 2 aromatic carbocycles. The molecule has 2 N–H and O–H groups in total. The van der Waals surface area contributed by atoms with Gasteiger partial charge >= 0.3 is 0 Å². The number of rotatable bonds is 9.